The first-order chi connectivity index (χ1) is 12.4. The van der Waals surface area contributed by atoms with Crippen molar-refractivity contribution in [1.82, 2.24) is 19.3 Å². The Balaban J connectivity index is 1.78. The lowest BCUT2D eigenvalue weighted by Gasteiger charge is -2.10. The van der Waals surface area contributed by atoms with E-state index in [4.69, 9.17) is 14.6 Å². The fourth-order valence-electron chi connectivity index (χ4n) is 3.10. The molecule has 0 spiro atoms. The van der Waals surface area contributed by atoms with E-state index in [1.165, 1.54) is 4.31 Å². The second kappa shape index (κ2) is 5.94. The molecule has 10 heteroatoms. The molecule has 0 amide bonds. The number of ether oxygens (including phenoxy) is 2. The summed E-state index contributed by atoms with van der Waals surface area (Å²) >= 11 is 0. The third kappa shape index (κ3) is 2.68. The van der Waals surface area contributed by atoms with Crippen LogP contribution < -0.4 is 14.6 Å². The number of benzene rings is 2. The van der Waals surface area contributed by atoms with E-state index in [0.717, 1.165) is 22.3 Å². The Morgan fingerprint density at radius 2 is 1.73 bits per heavy atom. The highest BCUT2D eigenvalue weighted by molar-refractivity contribution is 7.86. The van der Waals surface area contributed by atoms with Crippen LogP contribution in [-0.4, -0.2) is 41.9 Å². The van der Waals surface area contributed by atoms with Gasteiger partial charge >= 0.3 is 0 Å². The van der Waals surface area contributed by atoms with Crippen LogP contribution in [0.3, 0.4) is 0 Å². The molecule has 0 fully saturated rings. The molecule has 0 unspecified atom stereocenters. The summed E-state index contributed by atoms with van der Waals surface area (Å²) < 4.78 is 36.7. The van der Waals surface area contributed by atoms with Crippen molar-refractivity contribution in [3.8, 4) is 17.2 Å². The van der Waals surface area contributed by atoms with Gasteiger partial charge in [-0.3, -0.25) is 0 Å². The average molecular weight is 375 g/mol. The maximum absolute atomic E-state index is 11.6. The zero-order valence-corrected chi connectivity index (χ0v) is 15.0. The topological polar surface area (TPSA) is 113 Å². The summed E-state index contributed by atoms with van der Waals surface area (Å²) in [5, 5.41) is 13.6. The standard InChI is InChI=1S/C16H17N5O4S/c1-24-15-6-13-14(7-16(15)25-2)21(19-18-13)12-4-3-10-8-20(26(17,22)23)9-11(10)5-12/h3-7H,8-9H2,1-2H3,(H2,17,22,23). The summed E-state index contributed by atoms with van der Waals surface area (Å²) in [6.07, 6.45) is 0. The maximum atomic E-state index is 11.6. The van der Waals surface area contributed by atoms with Crippen LogP contribution in [-0.2, 0) is 23.3 Å². The highest BCUT2D eigenvalue weighted by Crippen LogP contribution is 2.33. The molecule has 0 atom stereocenters. The molecule has 0 saturated carbocycles. The monoisotopic (exact) mass is 375 g/mol. The van der Waals surface area contributed by atoms with Crippen LogP contribution in [0.1, 0.15) is 11.1 Å². The molecule has 0 radical (unpaired) electrons. The molecule has 0 aliphatic carbocycles. The molecule has 2 N–H and O–H groups in total. The van der Waals surface area contributed by atoms with E-state index in [9.17, 15) is 8.42 Å². The number of aromatic nitrogens is 3. The molecule has 1 aliphatic heterocycles. The van der Waals surface area contributed by atoms with Crippen molar-refractivity contribution in [1.29, 1.82) is 0 Å². The van der Waals surface area contributed by atoms with Gasteiger partial charge in [-0.05, 0) is 23.3 Å². The summed E-state index contributed by atoms with van der Waals surface area (Å²) in [4.78, 5) is 0. The number of hydrogen-bond acceptors (Lipinski definition) is 6. The predicted molar refractivity (Wildman–Crippen MR) is 94.3 cm³/mol. The Hall–Kier alpha value is -2.69. The van der Waals surface area contributed by atoms with Gasteiger partial charge in [-0.2, -0.15) is 12.7 Å². The third-order valence-corrected chi connectivity index (χ3v) is 5.42. The van der Waals surface area contributed by atoms with E-state index in [1.54, 1.807) is 31.0 Å². The maximum Gasteiger partial charge on any atom is 0.277 e. The first-order valence-corrected chi connectivity index (χ1v) is 9.28. The van der Waals surface area contributed by atoms with E-state index in [-0.39, 0.29) is 13.1 Å². The molecule has 4 rings (SSSR count). The molecule has 1 aromatic heterocycles. The van der Waals surface area contributed by atoms with E-state index < -0.39 is 10.2 Å². The molecule has 2 aromatic carbocycles. The fourth-order valence-corrected chi connectivity index (χ4v) is 3.74. The van der Waals surface area contributed by atoms with Gasteiger partial charge in [0.1, 0.15) is 5.52 Å². The molecule has 1 aliphatic rings. The molecule has 136 valence electrons. The Kier molecular flexibility index (Phi) is 3.83. The summed E-state index contributed by atoms with van der Waals surface area (Å²) in [7, 11) is -0.594. The molecular weight excluding hydrogens is 358 g/mol. The van der Waals surface area contributed by atoms with Crippen LogP contribution in [0.4, 0.5) is 0 Å². The minimum absolute atomic E-state index is 0.242. The molecule has 3 aromatic rings. The second-order valence-electron chi connectivity index (χ2n) is 5.96. The van der Waals surface area contributed by atoms with Gasteiger partial charge in [0, 0.05) is 25.2 Å². The van der Waals surface area contributed by atoms with Gasteiger partial charge < -0.3 is 9.47 Å². The van der Waals surface area contributed by atoms with Gasteiger partial charge in [-0.25, -0.2) is 9.82 Å². The molecule has 26 heavy (non-hydrogen) atoms. The Morgan fingerprint density at radius 3 is 2.42 bits per heavy atom. The first kappa shape index (κ1) is 16.8. The van der Waals surface area contributed by atoms with Gasteiger partial charge in [0.25, 0.3) is 10.2 Å². The van der Waals surface area contributed by atoms with Gasteiger partial charge in [0.15, 0.2) is 11.5 Å². The van der Waals surface area contributed by atoms with Gasteiger partial charge in [0.05, 0.1) is 25.4 Å². The van der Waals surface area contributed by atoms with Crippen molar-refractivity contribution < 1.29 is 17.9 Å². The summed E-state index contributed by atoms with van der Waals surface area (Å²) in [6, 6.07) is 9.21. The van der Waals surface area contributed by atoms with E-state index in [2.05, 4.69) is 10.3 Å². The molecule has 0 saturated heterocycles. The predicted octanol–water partition coefficient (Wildman–Crippen LogP) is 0.957. The van der Waals surface area contributed by atoms with Crippen molar-refractivity contribution in [2.75, 3.05) is 14.2 Å². The van der Waals surface area contributed by atoms with Crippen molar-refractivity contribution in [2.45, 2.75) is 13.1 Å². The quantitative estimate of drug-likeness (QED) is 0.727. The number of nitrogens with zero attached hydrogens (tertiary/aromatic N) is 4. The van der Waals surface area contributed by atoms with Gasteiger partial charge in [-0.1, -0.05) is 11.3 Å². The number of fused-ring (bicyclic) bond motifs is 2. The third-order valence-electron chi connectivity index (χ3n) is 4.44. The Labute approximate surface area is 150 Å². The largest absolute Gasteiger partial charge is 0.493 e. The molecule has 9 nitrogen and oxygen atoms in total. The minimum atomic E-state index is -3.72. The summed E-state index contributed by atoms with van der Waals surface area (Å²) in [5.41, 5.74) is 4.00. The van der Waals surface area contributed by atoms with E-state index >= 15 is 0 Å². The van der Waals surface area contributed by atoms with Crippen LogP contribution >= 0.6 is 0 Å². The van der Waals surface area contributed by atoms with Crippen molar-refractivity contribution in [2.24, 2.45) is 5.14 Å². The second-order valence-corrected chi connectivity index (χ2v) is 7.51. The first-order valence-electron chi connectivity index (χ1n) is 7.78. The number of hydrogen-bond donors (Lipinski definition) is 1. The highest BCUT2D eigenvalue weighted by atomic mass is 32.2. The number of rotatable bonds is 4. The minimum Gasteiger partial charge on any atom is -0.493 e. The normalized spacial score (nSPS) is 14.6. The van der Waals surface area contributed by atoms with Gasteiger partial charge in [0.2, 0.25) is 0 Å². The number of nitrogens with two attached hydrogens (primary N) is 1. The zero-order valence-electron chi connectivity index (χ0n) is 14.2. The lowest BCUT2D eigenvalue weighted by atomic mass is 10.1. The van der Waals surface area contributed by atoms with Crippen molar-refractivity contribution >= 4 is 21.2 Å². The van der Waals surface area contributed by atoms with Crippen LogP contribution in [0.5, 0.6) is 11.5 Å². The lowest BCUT2D eigenvalue weighted by Crippen LogP contribution is -2.32. The lowest BCUT2D eigenvalue weighted by molar-refractivity contribution is 0.355. The summed E-state index contributed by atoms with van der Waals surface area (Å²) in [5.74, 6) is 1.15. The van der Waals surface area contributed by atoms with Crippen molar-refractivity contribution in [3.63, 3.8) is 0 Å². The summed E-state index contributed by atoms with van der Waals surface area (Å²) in [6.45, 7) is 0.517. The molecular formula is C16H17N5O4S. The van der Waals surface area contributed by atoms with Crippen LogP contribution in [0.25, 0.3) is 16.7 Å². The Morgan fingerprint density at radius 1 is 1.04 bits per heavy atom. The van der Waals surface area contributed by atoms with Crippen LogP contribution in [0, 0.1) is 0 Å². The average Bonchev–Trinajstić information content (AvgIpc) is 3.22. The van der Waals surface area contributed by atoms with Gasteiger partial charge in [-0.15, -0.1) is 5.10 Å². The SMILES string of the molecule is COc1cc2nnn(-c3ccc4c(c3)CN(S(N)(=O)=O)C4)c2cc1OC. The van der Waals surface area contributed by atoms with E-state index in [0.29, 0.717) is 17.0 Å². The molecule has 0 bridgehead atoms. The van der Waals surface area contributed by atoms with Crippen molar-refractivity contribution in [3.05, 3.63) is 41.5 Å². The van der Waals surface area contributed by atoms with Crippen LogP contribution in [0.15, 0.2) is 30.3 Å². The molecule has 2 heterocycles. The number of methoxy groups -OCH3 is 2. The smallest absolute Gasteiger partial charge is 0.277 e. The van der Waals surface area contributed by atoms with E-state index in [1.807, 2.05) is 18.2 Å². The zero-order chi connectivity index (χ0) is 18.5. The fraction of sp³-hybridized carbons (Fsp3) is 0.250. The van der Waals surface area contributed by atoms with Crippen LogP contribution in [0.2, 0.25) is 0 Å². The Bertz CT molecular complexity index is 1110. The highest BCUT2D eigenvalue weighted by Gasteiger charge is 2.27.